The minimum atomic E-state index is -0.630. The molecule has 82 valence electrons. The summed E-state index contributed by atoms with van der Waals surface area (Å²) in [4.78, 5) is 12.8. The van der Waals surface area contributed by atoms with Crippen molar-refractivity contribution in [3.05, 3.63) is 11.4 Å². The average molecular weight is 223 g/mol. The maximum absolute atomic E-state index is 13.2. The molecule has 14 heavy (non-hydrogen) atoms. The van der Waals surface area contributed by atoms with E-state index in [1.54, 1.807) is 20.9 Å². The summed E-state index contributed by atoms with van der Waals surface area (Å²) in [5.74, 6) is -1.14. The zero-order valence-electron chi connectivity index (χ0n) is 8.63. The van der Waals surface area contributed by atoms with Crippen molar-refractivity contribution in [2.75, 3.05) is 20.1 Å². The summed E-state index contributed by atoms with van der Waals surface area (Å²) in [6.07, 6.45) is 0. The van der Waals surface area contributed by atoms with Crippen LogP contribution in [0, 0.1) is 0 Å². The second-order valence-electron chi connectivity index (χ2n) is 3.54. The highest BCUT2D eigenvalue weighted by Gasteiger charge is 2.27. The summed E-state index contributed by atoms with van der Waals surface area (Å²) in [6, 6.07) is 0.151. The lowest BCUT2D eigenvalue weighted by Gasteiger charge is -2.35. The normalized spacial score (nSPS) is 15.1. The molecule has 0 bridgehead atoms. The first kappa shape index (κ1) is 13.4. The molecule has 1 rings (SSSR count). The highest BCUT2D eigenvalue weighted by atomic mass is 35.5. The number of rotatable bonds is 2. The molecule has 0 aromatic carbocycles. The fourth-order valence-electron chi connectivity index (χ4n) is 1.08. The van der Waals surface area contributed by atoms with Crippen molar-refractivity contribution in [2.45, 2.75) is 19.9 Å². The van der Waals surface area contributed by atoms with Crippen molar-refractivity contribution in [1.82, 2.24) is 10.2 Å². The summed E-state index contributed by atoms with van der Waals surface area (Å²) >= 11 is 0. The first-order valence-corrected chi connectivity index (χ1v) is 4.35. The van der Waals surface area contributed by atoms with Crippen LogP contribution in [-0.2, 0) is 4.79 Å². The fraction of sp³-hybridized carbons (Fsp3) is 0.667. The number of nitrogens with zero attached hydrogens (tertiary/aromatic N) is 1. The van der Waals surface area contributed by atoms with Gasteiger partial charge in [0.15, 0.2) is 5.83 Å². The van der Waals surface area contributed by atoms with Crippen LogP contribution in [0.25, 0.3) is 0 Å². The molecule has 3 nitrogen and oxygen atoms in total. The molecule has 0 radical (unpaired) electrons. The predicted octanol–water partition coefficient (Wildman–Crippen LogP) is 1.10. The van der Waals surface area contributed by atoms with Crippen molar-refractivity contribution in [3.63, 3.8) is 0 Å². The maximum atomic E-state index is 13.2. The van der Waals surface area contributed by atoms with Gasteiger partial charge in [0.1, 0.15) is 0 Å². The fourth-order valence-corrected chi connectivity index (χ4v) is 1.08. The smallest absolute Gasteiger partial charge is 0.282 e. The van der Waals surface area contributed by atoms with Gasteiger partial charge in [-0.15, -0.1) is 12.4 Å². The molecule has 1 amide bonds. The number of carbonyl (C=O) groups is 1. The SMILES string of the molecule is CC(C)=C(F)C(=O)N(C)C1CNC1.Cl. The molecule has 0 spiro atoms. The topological polar surface area (TPSA) is 32.3 Å². The van der Waals surface area contributed by atoms with Crippen LogP contribution in [0.2, 0.25) is 0 Å². The Kier molecular flexibility index (Phi) is 5.08. The third kappa shape index (κ3) is 2.69. The second kappa shape index (κ2) is 5.32. The average Bonchev–Trinajstić information content (AvgIpc) is 1.98. The molecular formula is C9H16ClFN2O. The minimum Gasteiger partial charge on any atom is -0.334 e. The van der Waals surface area contributed by atoms with E-state index in [2.05, 4.69) is 5.32 Å². The summed E-state index contributed by atoms with van der Waals surface area (Å²) in [7, 11) is 1.64. The van der Waals surface area contributed by atoms with Gasteiger partial charge in [-0.2, -0.15) is 0 Å². The van der Waals surface area contributed by atoms with E-state index in [0.29, 0.717) is 5.57 Å². The van der Waals surface area contributed by atoms with Crippen LogP contribution in [0.4, 0.5) is 4.39 Å². The van der Waals surface area contributed by atoms with Crippen LogP contribution in [-0.4, -0.2) is 37.0 Å². The van der Waals surface area contributed by atoms with E-state index in [0.717, 1.165) is 13.1 Å². The van der Waals surface area contributed by atoms with Crippen LogP contribution in [0.5, 0.6) is 0 Å². The lowest BCUT2D eigenvalue weighted by atomic mass is 10.1. The van der Waals surface area contributed by atoms with E-state index in [9.17, 15) is 9.18 Å². The van der Waals surface area contributed by atoms with Gasteiger partial charge in [-0.1, -0.05) is 0 Å². The third-order valence-electron chi connectivity index (χ3n) is 2.25. The first-order chi connectivity index (χ1) is 6.04. The Bertz CT molecular complexity index is 247. The van der Waals surface area contributed by atoms with Gasteiger partial charge in [-0.25, -0.2) is 4.39 Å². The zero-order chi connectivity index (χ0) is 10.0. The Labute approximate surface area is 89.8 Å². The molecule has 1 N–H and O–H groups in total. The van der Waals surface area contributed by atoms with Gasteiger partial charge in [-0.05, 0) is 19.4 Å². The van der Waals surface area contributed by atoms with E-state index >= 15 is 0 Å². The molecule has 1 fully saturated rings. The number of hydrogen-bond donors (Lipinski definition) is 1. The maximum Gasteiger partial charge on any atom is 0.282 e. The number of likely N-dealkylation sites (N-methyl/N-ethyl adjacent to an activating group) is 1. The Hall–Kier alpha value is -0.610. The molecule has 5 heteroatoms. The molecule has 1 aliphatic rings. The zero-order valence-corrected chi connectivity index (χ0v) is 9.45. The molecule has 1 aliphatic heterocycles. The Morgan fingerprint density at radius 3 is 2.21 bits per heavy atom. The summed E-state index contributed by atoms with van der Waals surface area (Å²) in [6.45, 7) is 4.72. The van der Waals surface area contributed by atoms with Crippen molar-refractivity contribution in [3.8, 4) is 0 Å². The summed E-state index contributed by atoms with van der Waals surface area (Å²) in [5.41, 5.74) is 0.434. The highest BCUT2D eigenvalue weighted by molar-refractivity contribution is 5.92. The second-order valence-corrected chi connectivity index (χ2v) is 3.54. The number of allylic oxidation sites excluding steroid dienone is 1. The molecule has 0 atom stereocenters. The predicted molar refractivity (Wildman–Crippen MR) is 56.2 cm³/mol. The minimum absolute atomic E-state index is 0. The molecular weight excluding hydrogens is 207 g/mol. The molecule has 0 saturated carbocycles. The summed E-state index contributed by atoms with van der Waals surface area (Å²) in [5, 5.41) is 3.03. The quantitative estimate of drug-likeness (QED) is 0.710. The van der Waals surface area contributed by atoms with E-state index in [-0.39, 0.29) is 18.4 Å². The van der Waals surface area contributed by atoms with Gasteiger partial charge in [-0.3, -0.25) is 4.79 Å². The van der Waals surface area contributed by atoms with Gasteiger partial charge < -0.3 is 10.2 Å². The van der Waals surface area contributed by atoms with Crippen LogP contribution < -0.4 is 5.32 Å². The monoisotopic (exact) mass is 222 g/mol. The van der Waals surface area contributed by atoms with E-state index < -0.39 is 11.7 Å². The third-order valence-corrected chi connectivity index (χ3v) is 2.25. The van der Waals surface area contributed by atoms with Gasteiger partial charge in [0.05, 0.1) is 6.04 Å². The standard InChI is InChI=1S/C9H15FN2O.ClH/c1-6(2)8(10)9(13)12(3)7-4-11-5-7;/h7,11H,4-5H2,1-3H3;1H. The van der Waals surface area contributed by atoms with Gasteiger partial charge in [0.2, 0.25) is 0 Å². The molecule has 1 saturated heterocycles. The van der Waals surface area contributed by atoms with Crippen LogP contribution in [0.3, 0.4) is 0 Å². The number of carbonyl (C=O) groups excluding carboxylic acids is 1. The van der Waals surface area contributed by atoms with Crippen LogP contribution in [0.1, 0.15) is 13.8 Å². The van der Waals surface area contributed by atoms with E-state index in [1.807, 2.05) is 0 Å². The Balaban J connectivity index is 0.00000169. The number of amides is 1. The lowest BCUT2D eigenvalue weighted by Crippen LogP contribution is -2.57. The summed E-state index contributed by atoms with van der Waals surface area (Å²) < 4.78 is 13.2. The molecule has 0 unspecified atom stereocenters. The van der Waals surface area contributed by atoms with Crippen molar-refractivity contribution in [1.29, 1.82) is 0 Å². The molecule has 1 heterocycles. The van der Waals surface area contributed by atoms with Crippen molar-refractivity contribution >= 4 is 18.3 Å². The molecule has 0 aliphatic carbocycles. The van der Waals surface area contributed by atoms with E-state index in [1.165, 1.54) is 4.90 Å². The van der Waals surface area contributed by atoms with Gasteiger partial charge in [0, 0.05) is 20.1 Å². The number of halogens is 2. The van der Waals surface area contributed by atoms with Crippen LogP contribution in [0.15, 0.2) is 11.4 Å². The number of nitrogens with one attached hydrogen (secondary N) is 1. The van der Waals surface area contributed by atoms with Crippen molar-refractivity contribution in [2.24, 2.45) is 0 Å². The van der Waals surface area contributed by atoms with Crippen molar-refractivity contribution < 1.29 is 9.18 Å². The van der Waals surface area contributed by atoms with E-state index in [4.69, 9.17) is 0 Å². The molecule has 0 aromatic rings. The van der Waals surface area contributed by atoms with Gasteiger partial charge in [0.25, 0.3) is 5.91 Å². The largest absolute Gasteiger partial charge is 0.334 e. The Morgan fingerprint density at radius 1 is 1.43 bits per heavy atom. The molecule has 0 aromatic heterocycles. The Morgan fingerprint density at radius 2 is 1.93 bits per heavy atom. The first-order valence-electron chi connectivity index (χ1n) is 4.35. The number of hydrogen-bond acceptors (Lipinski definition) is 2. The highest BCUT2D eigenvalue weighted by Crippen LogP contribution is 2.12. The van der Waals surface area contributed by atoms with Gasteiger partial charge >= 0.3 is 0 Å². The lowest BCUT2D eigenvalue weighted by molar-refractivity contribution is -0.130. The van der Waals surface area contributed by atoms with Crippen LogP contribution >= 0.6 is 12.4 Å².